The van der Waals surface area contributed by atoms with Gasteiger partial charge in [0.2, 0.25) is 0 Å². The zero-order valence-electron chi connectivity index (χ0n) is 8.95. The topological polar surface area (TPSA) is 38.8 Å². The predicted octanol–water partition coefficient (Wildman–Crippen LogP) is 1.81. The maximum absolute atomic E-state index is 11.5. The Morgan fingerprint density at radius 3 is 2.23 bits per heavy atom. The summed E-state index contributed by atoms with van der Waals surface area (Å²) in [6.07, 6.45) is 0.856. The molecule has 0 rings (SSSR count). The fraction of sp³-hybridized carbons (Fsp3) is 1.00. The second-order valence-corrected chi connectivity index (χ2v) is 5.30. The minimum atomic E-state index is -2.79. The number of hydrogen-bond donors (Lipinski definition) is 0. The van der Waals surface area contributed by atoms with Crippen molar-refractivity contribution in [2.75, 3.05) is 40.5 Å². The van der Waals surface area contributed by atoms with Crippen LogP contribution in [0, 0.1) is 0 Å². The molecule has 4 nitrogen and oxygen atoms in total. The molecular weight excluding hydrogens is 189 g/mol. The summed E-state index contributed by atoms with van der Waals surface area (Å²) in [4.78, 5) is 1.97. The van der Waals surface area contributed by atoms with Gasteiger partial charge in [0.1, 0.15) is 0 Å². The molecule has 1 unspecified atom stereocenters. The first-order chi connectivity index (χ1) is 5.98. The quantitative estimate of drug-likeness (QED) is 0.599. The van der Waals surface area contributed by atoms with E-state index in [1.165, 1.54) is 6.66 Å². The highest BCUT2D eigenvalue weighted by Gasteiger charge is 2.15. The minimum absolute atomic E-state index is 0.449. The molecule has 0 fully saturated rings. The van der Waals surface area contributed by atoms with Crippen LogP contribution in [0.5, 0.6) is 0 Å². The van der Waals surface area contributed by atoms with Crippen molar-refractivity contribution in [2.45, 2.75) is 13.3 Å². The fourth-order valence-electron chi connectivity index (χ4n) is 0.684. The van der Waals surface area contributed by atoms with Gasteiger partial charge in [-0.25, -0.2) is 0 Å². The van der Waals surface area contributed by atoms with Crippen molar-refractivity contribution in [1.29, 1.82) is 0 Å². The van der Waals surface area contributed by atoms with E-state index < -0.39 is 7.60 Å². The van der Waals surface area contributed by atoms with Crippen molar-refractivity contribution >= 4 is 7.60 Å². The lowest BCUT2D eigenvalue weighted by atomic mass is 10.5. The van der Waals surface area contributed by atoms with Crippen molar-refractivity contribution in [3.8, 4) is 0 Å². The van der Waals surface area contributed by atoms with Gasteiger partial charge in [0.25, 0.3) is 0 Å². The molecule has 0 aromatic carbocycles. The van der Waals surface area contributed by atoms with Crippen LogP contribution < -0.4 is 0 Å². The molecule has 0 aliphatic heterocycles. The highest BCUT2D eigenvalue weighted by molar-refractivity contribution is 7.52. The van der Waals surface area contributed by atoms with Gasteiger partial charge in [-0.05, 0) is 20.5 Å². The van der Waals surface area contributed by atoms with Crippen LogP contribution >= 0.6 is 7.60 Å². The molecule has 80 valence electrons. The standard InChI is InChI=1S/C8H20NO3P/c1-5-7-11-13(4,10)12-8-6-9(2)3/h5-8H2,1-4H3. The van der Waals surface area contributed by atoms with Gasteiger partial charge in [-0.2, -0.15) is 0 Å². The molecule has 1 atom stereocenters. The summed E-state index contributed by atoms with van der Waals surface area (Å²) in [6, 6.07) is 0. The molecular formula is C8H20NO3P. The van der Waals surface area contributed by atoms with Gasteiger partial charge >= 0.3 is 7.60 Å². The van der Waals surface area contributed by atoms with E-state index in [1.807, 2.05) is 25.9 Å². The molecule has 0 bridgehead atoms. The molecule has 0 heterocycles. The van der Waals surface area contributed by atoms with Crippen LogP contribution in [0.3, 0.4) is 0 Å². The zero-order valence-corrected chi connectivity index (χ0v) is 9.84. The minimum Gasteiger partial charge on any atom is -0.309 e. The first-order valence-corrected chi connectivity index (χ1v) is 6.48. The Balaban J connectivity index is 3.57. The van der Waals surface area contributed by atoms with Gasteiger partial charge in [-0.1, -0.05) is 6.92 Å². The lowest BCUT2D eigenvalue weighted by molar-refractivity contribution is 0.193. The molecule has 0 radical (unpaired) electrons. The largest absolute Gasteiger partial charge is 0.327 e. The molecule has 0 aromatic heterocycles. The molecule has 0 aromatic rings. The van der Waals surface area contributed by atoms with E-state index in [0.29, 0.717) is 13.2 Å². The van der Waals surface area contributed by atoms with Gasteiger partial charge < -0.3 is 13.9 Å². The van der Waals surface area contributed by atoms with Crippen LogP contribution in [-0.2, 0) is 13.6 Å². The summed E-state index contributed by atoms with van der Waals surface area (Å²) in [5.41, 5.74) is 0. The maximum atomic E-state index is 11.5. The number of likely N-dealkylation sites (N-methyl/N-ethyl adjacent to an activating group) is 1. The van der Waals surface area contributed by atoms with E-state index in [0.717, 1.165) is 13.0 Å². The predicted molar refractivity (Wildman–Crippen MR) is 54.3 cm³/mol. The summed E-state index contributed by atoms with van der Waals surface area (Å²) in [5, 5.41) is 0. The number of rotatable bonds is 7. The first-order valence-electron chi connectivity index (χ1n) is 4.49. The Hall–Kier alpha value is 0.110. The summed E-state index contributed by atoms with van der Waals surface area (Å²) < 4.78 is 21.7. The van der Waals surface area contributed by atoms with Crippen molar-refractivity contribution in [1.82, 2.24) is 4.90 Å². The molecule has 0 aliphatic rings. The van der Waals surface area contributed by atoms with E-state index >= 15 is 0 Å². The molecule has 0 amide bonds. The summed E-state index contributed by atoms with van der Waals surface area (Å²) in [6.45, 7) is 5.19. The van der Waals surface area contributed by atoms with E-state index in [1.54, 1.807) is 0 Å². The van der Waals surface area contributed by atoms with E-state index in [-0.39, 0.29) is 0 Å². The second-order valence-electron chi connectivity index (χ2n) is 3.24. The van der Waals surface area contributed by atoms with Crippen LogP contribution in [0.1, 0.15) is 13.3 Å². The highest BCUT2D eigenvalue weighted by atomic mass is 31.2. The average molecular weight is 209 g/mol. The van der Waals surface area contributed by atoms with Crippen LogP contribution in [0.2, 0.25) is 0 Å². The molecule has 0 spiro atoms. The Kier molecular flexibility index (Phi) is 6.60. The Bertz CT molecular complexity index is 173. The third-order valence-electron chi connectivity index (χ3n) is 1.39. The molecule has 0 aliphatic carbocycles. The van der Waals surface area contributed by atoms with Gasteiger partial charge in [0, 0.05) is 13.2 Å². The number of hydrogen-bond acceptors (Lipinski definition) is 4. The van der Waals surface area contributed by atoms with Crippen molar-refractivity contribution < 1.29 is 13.6 Å². The van der Waals surface area contributed by atoms with Crippen LogP contribution in [-0.4, -0.2) is 45.4 Å². The molecule has 0 saturated carbocycles. The zero-order chi connectivity index (χ0) is 10.3. The highest BCUT2D eigenvalue weighted by Crippen LogP contribution is 2.43. The summed E-state index contributed by atoms with van der Waals surface area (Å²) in [5.74, 6) is 0. The molecule has 13 heavy (non-hydrogen) atoms. The lowest BCUT2D eigenvalue weighted by Gasteiger charge is -2.15. The monoisotopic (exact) mass is 209 g/mol. The number of nitrogens with zero attached hydrogens (tertiary/aromatic N) is 1. The van der Waals surface area contributed by atoms with Crippen molar-refractivity contribution in [2.24, 2.45) is 0 Å². The second kappa shape index (κ2) is 6.55. The summed E-state index contributed by atoms with van der Waals surface area (Å²) >= 11 is 0. The molecule has 5 heteroatoms. The van der Waals surface area contributed by atoms with Gasteiger partial charge in [0.05, 0.1) is 13.2 Å². The van der Waals surface area contributed by atoms with E-state index in [9.17, 15) is 4.57 Å². The normalized spacial score (nSPS) is 16.1. The van der Waals surface area contributed by atoms with E-state index in [4.69, 9.17) is 9.05 Å². The Morgan fingerprint density at radius 2 is 1.77 bits per heavy atom. The van der Waals surface area contributed by atoms with Crippen molar-refractivity contribution in [3.63, 3.8) is 0 Å². The average Bonchev–Trinajstić information content (AvgIpc) is 2.00. The maximum Gasteiger partial charge on any atom is 0.327 e. The van der Waals surface area contributed by atoms with Crippen LogP contribution in [0.15, 0.2) is 0 Å². The molecule has 0 saturated heterocycles. The summed E-state index contributed by atoms with van der Waals surface area (Å²) in [7, 11) is 1.09. The van der Waals surface area contributed by atoms with Gasteiger partial charge in [0.15, 0.2) is 0 Å². The van der Waals surface area contributed by atoms with Gasteiger partial charge in [-0.3, -0.25) is 4.57 Å². The third kappa shape index (κ3) is 8.44. The smallest absolute Gasteiger partial charge is 0.309 e. The van der Waals surface area contributed by atoms with Crippen LogP contribution in [0.4, 0.5) is 0 Å². The van der Waals surface area contributed by atoms with Crippen molar-refractivity contribution in [3.05, 3.63) is 0 Å². The molecule has 0 N–H and O–H groups in total. The lowest BCUT2D eigenvalue weighted by Crippen LogP contribution is -2.17. The SMILES string of the molecule is CCCOP(C)(=O)OCCN(C)C. The fourth-order valence-corrected chi connectivity index (χ4v) is 1.69. The van der Waals surface area contributed by atoms with E-state index in [2.05, 4.69) is 0 Å². The Labute approximate surface area is 80.7 Å². The Morgan fingerprint density at radius 1 is 1.23 bits per heavy atom. The van der Waals surface area contributed by atoms with Gasteiger partial charge in [-0.15, -0.1) is 0 Å². The first kappa shape index (κ1) is 13.1. The van der Waals surface area contributed by atoms with Crippen LogP contribution in [0.25, 0.3) is 0 Å². The third-order valence-corrected chi connectivity index (χ3v) is 2.70.